The van der Waals surface area contributed by atoms with Crippen LogP contribution in [0.1, 0.15) is 17.7 Å². The number of rotatable bonds is 12. The van der Waals surface area contributed by atoms with Gasteiger partial charge in [-0.25, -0.2) is 32.6 Å². The van der Waals surface area contributed by atoms with Crippen molar-refractivity contribution in [2.45, 2.75) is 13.0 Å². The lowest BCUT2D eigenvalue weighted by Crippen LogP contribution is -2.26. The van der Waals surface area contributed by atoms with Gasteiger partial charge in [-0.2, -0.15) is 0 Å². The van der Waals surface area contributed by atoms with Crippen molar-refractivity contribution in [1.82, 2.24) is 20.5 Å². The van der Waals surface area contributed by atoms with E-state index in [1.54, 1.807) is 0 Å². The first-order valence-electron chi connectivity index (χ1n) is 10.3. The molecular formula is C20H21BrFN7O6S. The van der Waals surface area contributed by atoms with Crippen molar-refractivity contribution in [2.75, 3.05) is 24.7 Å². The molecule has 0 aliphatic carbocycles. The van der Waals surface area contributed by atoms with Crippen LogP contribution in [0.3, 0.4) is 0 Å². The van der Waals surface area contributed by atoms with Gasteiger partial charge < -0.3 is 5.32 Å². The van der Waals surface area contributed by atoms with E-state index < -0.39 is 20.8 Å². The Morgan fingerprint density at radius 2 is 2.00 bits per heavy atom. The predicted molar refractivity (Wildman–Crippen MR) is 132 cm³/mol. The molecule has 0 atom stereocenters. The third kappa shape index (κ3) is 7.77. The van der Waals surface area contributed by atoms with Crippen molar-refractivity contribution in [3.8, 4) is 0 Å². The van der Waals surface area contributed by atoms with Gasteiger partial charge in [-0.1, -0.05) is 0 Å². The molecule has 36 heavy (non-hydrogen) atoms. The first-order chi connectivity index (χ1) is 17.2. The lowest BCUT2D eigenvalue weighted by Gasteiger charge is -2.10. The highest BCUT2D eigenvalue weighted by atomic mass is 79.9. The summed E-state index contributed by atoms with van der Waals surface area (Å²) in [5.41, 5.74) is 3.71. The van der Waals surface area contributed by atoms with Crippen LogP contribution in [0.2, 0.25) is 0 Å². The zero-order chi connectivity index (χ0) is 26.1. The number of hydrogen-bond donors (Lipinski definition) is 3. The van der Waals surface area contributed by atoms with Crippen LogP contribution < -0.4 is 15.5 Å². The van der Waals surface area contributed by atoms with E-state index in [-0.39, 0.29) is 52.8 Å². The van der Waals surface area contributed by atoms with Crippen LogP contribution in [-0.2, 0) is 21.5 Å². The molecule has 0 aliphatic rings. The van der Waals surface area contributed by atoms with E-state index in [2.05, 4.69) is 46.8 Å². The van der Waals surface area contributed by atoms with Crippen LogP contribution in [0.5, 0.6) is 0 Å². The molecule has 1 heterocycles. The molecule has 0 spiro atoms. The quantitative estimate of drug-likeness (QED) is 0.0941. The van der Waals surface area contributed by atoms with Gasteiger partial charge in [0.25, 0.3) is 5.69 Å². The van der Waals surface area contributed by atoms with Gasteiger partial charge in [-0.3, -0.25) is 15.0 Å². The van der Waals surface area contributed by atoms with Gasteiger partial charge in [0.2, 0.25) is 15.8 Å². The SMILES string of the molecule is CNS(=O)(=O)CCCNc1nonc1C(=Nc1ccc(F)c(Br)c1)NOCc1ccc([N+](=O)[O-])cc1. The van der Waals surface area contributed by atoms with Crippen LogP contribution >= 0.6 is 15.9 Å². The maximum absolute atomic E-state index is 13.7. The topological polar surface area (TPSA) is 174 Å². The summed E-state index contributed by atoms with van der Waals surface area (Å²) in [4.78, 5) is 20.2. The van der Waals surface area contributed by atoms with Gasteiger partial charge in [0.1, 0.15) is 5.82 Å². The minimum atomic E-state index is -3.36. The fraction of sp³-hybridized carbons (Fsp3) is 0.250. The Kier molecular flexibility index (Phi) is 9.40. The van der Waals surface area contributed by atoms with Gasteiger partial charge in [0.05, 0.1) is 27.4 Å². The number of nitro benzene ring substituents is 1. The molecule has 0 unspecified atom stereocenters. The first-order valence-corrected chi connectivity index (χ1v) is 12.8. The molecule has 0 aliphatic heterocycles. The van der Waals surface area contributed by atoms with Crippen LogP contribution in [0.15, 0.2) is 56.6 Å². The highest BCUT2D eigenvalue weighted by Crippen LogP contribution is 2.23. The number of hydrogen-bond acceptors (Lipinski definition) is 10. The number of anilines is 1. The summed E-state index contributed by atoms with van der Waals surface area (Å²) < 4.78 is 44.1. The lowest BCUT2D eigenvalue weighted by atomic mass is 10.2. The van der Waals surface area contributed by atoms with E-state index in [9.17, 15) is 22.9 Å². The highest BCUT2D eigenvalue weighted by molar-refractivity contribution is 9.10. The van der Waals surface area contributed by atoms with Gasteiger partial charge in [-0.15, -0.1) is 0 Å². The van der Waals surface area contributed by atoms with Crippen molar-refractivity contribution in [3.63, 3.8) is 0 Å². The number of nitrogens with zero attached hydrogens (tertiary/aromatic N) is 4. The zero-order valence-electron chi connectivity index (χ0n) is 18.8. The summed E-state index contributed by atoms with van der Waals surface area (Å²) in [6.07, 6.45) is 0.275. The molecule has 0 radical (unpaired) electrons. The Hall–Kier alpha value is -3.47. The molecule has 0 bridgehead atoms. The second-order valence-electron chi connectivity index (χ2n) is 7.14. The molecule has 13 nitrogen and oxygen atoms in total. The highest BCUT2D eigenvalue weighted by Gasteiger charge is 2.18. The number of nitro groups is 1. The molecule has 3 rings (SSSR count). The largest absolute Gasteiger partial charge is 0.365 e. The van der Waals surface area contributed by atoms with Crippen LogP contribution in [0, 0.1) is 15.9 Å². The molecular weight excluding hydrogens is 565 g/mol. The Balaban J connectivity index is 1.76. The molecule has 0 saturated heterocycles. The monoisotopic (exact) mass is 585 g/mol. The third-order valence-electron chi connectivity index (χ3n) is 4.61. The van der Waals surface area contributed by atoms with Crippen LogP contribution in [0.4, 0.5) is 21.6 Å². The molecule has 1 aromatic heterocycles. The predicted octanol–water partition coefficient (Wildman–Crippen LogP) is 3.03. The van der Waals surface area contributed by atoms with E-state index in [1.165, 1.54) is 49.5 Å². The molecule has 0 amide bonds. The van der Waals surface area contributed by atoms with Gasteiger partial charge >= 0.3 is 0 Å². The number of benzene rings is 2. The average molecular weight is 586 g/mol. The maximum atomic E-state index is 13.7. The van der Waals surface area contributed by atoms with Gasteiger partial charge in [-0.05, 0) is 75.6 Å². The Morgan fingerprint density at radius 1 is 1.25 bits per heavy atom. The first kappa shape index (κ1) is 27.1. The molecule has 16 heteroatoms. The number of amidine groups is 1. The number of nitrogens with one attached hydrogen (secondary N) is 3. The van der Waals surface area contributed by atoms with Gasteiger partial charge in [0.15, 0.2) is 11.5 Å². The molecule has 3 aromatic rings. The lowest BCUT2D eigenvalue weighted by molar-refractivity contribution is -0.384. The van der Waals surface area contributed by atoms with E-state index in [0.29, 0.717) is 11.3 Å². The summed E-state index contributed by atoms with van der Waals surface area (Å²) >= 11 is 3.11. The normalized spacial score (nSPS) is 11.9. The second kappa shape index (κ2) is 12.5. The zero-order valence-corrected chi connectivity index (χ0v) is 21.2. The van der Waals surface area contributed by atoms with Crippen LogP contribution in [0.25, 0.3) is 0 Å². The summed E-state index contributed by atoms with van der Waals surface area (Å²) in [5.74, 6) is -0.344. The smallest absolute Gasteiger partial charge is 0.269 e. The summed E-state index contributed by atoms with van der Waals surface area (Å²) in [6, 6.07) is 9.87. The number of aliphatic imine (C=N–C) groups is 1. The number of sulfonamides is 1. The molecule has 0 fully saturated rings. The summed E-state index contributed by atoms with van der Waals surface area (Å²) in [5, 5.41) is 21.4. The standard InChI is InChI=1S/C20H21BrFN7O6S/c1-23-36(32,33)10-2-9-24-19-18(26-35-28-19)20(25-14-5-8-17(22)16(21)11-14)27-34-12-13-3-6-15(7-4-13)29(30)31/h3-8,11,23H,2,9-10,12H2,1H3,(H,24,28)(H,25,27). The Morgan fingerprint density at radius 3 is 2.67 bits per heavy atom. The molecule has 3 N–H and O–H groups in total. The van der Waals surface area contributed by atoms with Crippen molar-refractivity contribution in [2.24, 2.45) is 4.99 Å². The van der Waals surface area contributed by atoms with E-state index in [1.807, 2.05) is 0 Å². The minimum Gasteiger partial charge on any atom is -0.365 e. The van der Waals surface area contributed by atoms with Crippen molar-refractivity contribution < 1.29 is 27.2 Å². The number of hydroxylamine groups is 1. The minimum absolute atomic E-state index is 0.0139. The number of non-ortho nitro benzene ring substituents is 1. The van der Waals surface area contributed by atoms with E-state index in [4.69, 9.17) is 9.47 Å². The van der Waals surface area contributed by atoms with E-state index in [0.717, 1.165) is 0 Å². The fourth-order valence-electron chi connectivity index (χ4n) is 2.74. The summed E-state index contributed by atoms with van der Waals surface area (Å²) in [7, 11) is -2.02. The molecule has 2 aromatic carbocycles. The fourth-order valence-corrected chi connectivity index (χ4v) is 3.84. The second-order valence-corrected chi connectivity index (χ2v) is 10.0. The third-order valence-corrected chi connectivity index (χ3v) is 6.66. The number of halogens is 2. The Bertz CT molecular complexity index is 1330. The Labute approximate surface area is 213 Å². The average Bonchev–Trinajstić information content (AvgIpc) is 3.32. The van der Waals surface area contributed by atoms with Crippen molar-refractivity contribution in [1.29, 1.82) is 0 Å². The van der Waals surface area contributed by atoms with Gasteiger partial charge in [0, 0.05) is 18.7 Å². The van der Waals surface area contributed by atoms with E-state index >= 15 is 0 Å². The van der Waals surface area contributed by atoms with Crippen LogP contribution in [-0.4, -0.2) is 48.8 Å². The number of aromatic nitrogens is 2. The summed E-state index contributed by atoms with van der Waals surface area (Å²) in [6.45, 7) is 0.251. The molecule has 192 valence electrons. The van der Waals surface area contributed by atoms with Crippen molar-refractivity contribution in [3.05, 3.63) is 74.1 Å². The molecule has 0 saturated carbocycles. The van der Waals surface area contributed by atoms with Crippen molar-refractivity contribution >= 4 is 49.0 Å². The maximum Gasteiger partial charge on any atom is 0.269 e.